The van der Waals surface area contributed by atoms with Crippen LogP contribution in [-0.2, 0) is 4.79 Å². The Bertz CT molecular complexity index is 86.1. The number of hydrogen-bond acceptors (Lipinski definition) is 2. The molecule has 1 saturated carbocycles. The first-order valence-corrected chi connectivity index (χ1v) is 2.49. The fourth-order valence-corrected chi connectivity index (χ4v) is 0.531. The van der Waals surface area contributed by atoms with Crippen LogP contribution in [0.3, 0.4) is 0 Å². The molecule has 1 rings (SSSR count). The topological polar surface area (TPSA) is 43.1 Å². The molecular weight excluding hydrogens is 90.1 g/mol. The second-order valence-electron chi connectivity index (χ2n) is 2.23. The van der Waals surface area contributed by atoms with E-state index in [-0.39, 0.29) is 5.54 Å². The summed E-state index contributed by atoms with van der Waals surface area (Å²) in [5, 5.41) is 0. The summed E-state index contributed by atoms with van der Waals surface area (Å²) in [4.78, 5) is 9.78. The molecule has 40 valence electrons. The predicted octanol–water partition coefficient (Wildman–Crippen LogP) is 0.0667. The van der Waals surface area contributed by atoms with E-state index in [9.17, 15) is 4.79 Å². The van der Waals surface area contributed by atoms with Crippen molar-refractivity contribution in [3.63, 3.8) is 0 Å². The summed E-state index contributed by atoms with van der Waals surface area (Å²) >= 11 is 0. The molecule has 0 radical (unpaired) electrons. The van der Waals surface area contributed by atoms with Crippen molar-refractivity contribution in [1.29, 1.82) is 0 Å². The summed E-state index contributed by atoms with van der Waals surface area (Å²) in [5.74, 6) is 0. The minimum atomic E-state index is -0.0677. The van der Waals surface area contributed by atoms with Crippen LogP contribution in [0, 0.1) is 0 Å². The maximum absolute atomic E-state index is 9.78. The lowest BCUT2D eigenvalue weighted by molar-refractivity contribution is -0.108. The molecule has 0 aliphatic heterocycles. The number of carbonyl (C=O) groups excluding carboxylic acids is 1. The number of rotatable bonds is 2. The monoisotopic (exact) mass is 99.1 g/mol. The third kappa shape index (κ3) is 0.996. The van der Waals surface area contributed by atoms with Crippen molar-refractivity contribution < 1.29 is 4.79 Å². The highest BCUT2D eigenvalue weighted by molar-refractivity contribution is 5.52. The molecule has 0 aromatic rings. The van der Waals surface area contributed by atoms with Crippen LogP contribution in [0.2, 0.25) is 0 Å². The van der Waals surface area contributed by atoms with Crippen molar-refractivity contribution in [3.05, 3.63) is 0 Å². The van der Waals surface area contributed by atoms with Crippen LogP contribution < -0.4 is 5.73 Å². The van der Waals surface area contributed by atoms with E-state index in [1.807, 2.05) is 0 Å². The lowest BCUT2D eigenvalue weighted by atomic mass is 10.2. The molecule has 0 spiro atoms. The van der Waals surface area contributed by atoms with Gasteiger partial charge in [-0.3, -0.25) is 0 Å². The van der Waals surface area contributed by atoms with Gasteiger partial charge in [0.15, 0.2) is 0 Å². The van der Waals surface area contributed by atoms with Crippen molar-refractivity contribution in [2.45, 2.75) is 24.8 Å². The van der Waals surface area contributed by atoms with Crippen LogP contribution >= 0.6 is 0 Å². The molecule has 1 fully saturated rings. The molecule has 0 unspecified atom stereocenters. The zero-order valence-electron chi connectivity index (χ0n) is 4.18. The van der Waals surface area contributed by atoms with Gasteiger partial charge in [-0.2, -0.15) is 0 Å². The van der Waals surface area contributed by atoms with Crippen molar-refractivity contribution in [3.8, 4) is 0 Å². The summed E-state index contributed by atoms with van der Waals surface area (Å²) in [6, 6.07) is 0. The van der Waals surface area contributed by atoms with Crippen LogP contribution in [-0.4, -0.2) is 11.8 Å². The SMILES string of the molecule is NC1(CC=O)CC1. The summed E-state index contributed by atoms with van der Waals surface area (Å²) in [6.45, 7) is 0. The molecule has 0 atom stereocenters. The number of aldehydes is 1. The lowest BCUT2D eigenvalue weighted by Gasteiger charge is -1.97. The van der Waals surface area contributed by atoms with Crippen LogP contribution in [0.4, 0.5) is 0 Å². The first-order valence-electron chi connectivity index (χ1n) is 2.49. The third-order valence-electron chi connectivity index (χ3n) is 1.38. The Labute approximate surface area is 42.7 Å². The smallest absolute Gasteiger partial charge is 0.121 e. The summed E-state index contributed by atoms with van der Waals surface area (Å²) in [6.07, 6.45) is 3.51. The molecule has 2 nitrogen and oxygen atoms in total. The van der Waals surface area contributed by atoms with Gasteiger partial charge in [0.1, 0.15) is 6.29 Å². The van der Waals surface area contributed by atoms with Gasteiger partial charge in [-0.25, -0.2) is 0 Å². The lowest BCUT2D eigenvalue weighted by Crippen LogP contribution is -2.21. The Kier molecular flexibility index (Phi) is 0.889. The molecule has 0 aromatic heterocycles. The number of nitrogens with two attached hydrogens (primary N) is 1. The molecule has 0 aromatic carbocycles. The number of hydrogen-bond donors (Lipinski definition) is 1. The van der Waals surface area contributed by atoms with Gasteiger partial charge >= 0.3 is 0 Å². The van der Waals surface area contributed by atoms with Crippen molar-refractivity contribution in [1.82, 2.24) is 0 Å². The Morgan fingerprint density at radius 1 is 1.71 bits per heavy atom. The normalized spacial score (nSPS) is 24.1. The first kappa shape index (κ1) is 4.78. The first-order chi connectivity index (χ1) is 3.27. The maximum Gasteiger partial charge on any atom is 0.121 e. The highest BCUT2D eigenvalue weighted by Gasteiger charge is 2.37. The van der Waals surface area contributed by atoms with Gasteiger partial charge in [-0.15, -0.1) is 0 Å². The molecule has 2 heteroatoms. The molecule has 0 amide bonds. The summed E-state index contributed by atoms with van der Waals surface area (Å²) in [5.41, 5.74) is 5.46. The average Bonchev–Trinajstić information content (AvgIpc) is 2.22. The van der Waals surface area contributed by atoms with Gasteiger partial charge in [0.05, 0.1) is 0 Å². The fraction of sp³-hybridized carbons (Fsp3) is 0.800. The van der Waals surface area contributed by atoms with E-state index in [1.165, 1.54) is 0 Å². The van der Waals surface area contributed by atoms with Gasteiger partial charge in [0, 0.05) is 12.0 Å². The maximum atomic E-state index is 9.78. The largest absolute Gasteiger partial charge is 0.325 e. The van der Waals surface area contributed by atoms with E-state index in [0.717, 1.165) is 19.1 Å². The van der Waals surface area contributed by atoms with Crippen LogP contribution in [0.5, 0.6) is 0 Å². The van der Waals surface area contributed by atoms with E-state index < -0.39 is 0 Å². The Morgan fingerprint density at radius 3 is 2.43 bits per heavy atom. The van der Waals surface area contributed by atoms with Gasteiger partial charge in [-0.1, -0.05) is 0 Å². The quantitative estimate of drug-likeness (QED) is 0.498. The molecule has 0 bridgehead atoms. The highest BCUT2D eigenvalue weighted by Crippen LogP contribution is 2.34. The van der Waals surface area contributed by atoms with E-state index in [4.69, 9.17) is 5.73 Å². The second-order valence-corrected chi connectivity index (χ2v) is 2.23. The van der Waals surface area contributed by atoms with Gasteiger partial charge < -0.3 is 10.5 Å². The van der Waals surface area contributed by atoms with E-state index in [0.29, 0.717) is 6.42 Å². The van der Waals surface area contributed by atoms with Crippen molar-refractivity contribution in [2.24, 2.45) is 5.73 Å². The standard InChI is InChI=1S/C5H9NO/c6-5(1-2-5)3-4-7/h4H,1-3,6H2. The molecule has 2 N–H and O–H groups in total. The summed E-state index contributed by atoms with van der Waals surface area (Å²) in [7, 11) is 0. The van der Waals surface area contributed by atoms with Crippen LogP contribution in [0.25, 0.3) is 0 Å². The van der Waals surface area contributed by atoms with Gasteiger partial charge in [-0.05, 0) is 12.8 Å². The van der Waals surface area contributed by atoms with Crippen molar-refractivity contribution in [2.75, 3.05) is 0 Å². The van der Waals surface area contributed by atoms with Crippen LogP contribution in [0.1, 0.15) is 19.3 Å². The van der Waals surface area contributed by atoms with E-state index in [1.54, 1.807) is 0 Å². The Hall–Kier alpha value is -0.370. The minimum Gasteiger partial charge on any atom is -0.325 e. The Morgan fingerprint density at radius 2 is 2.29 bits per heavy atom. The second kappa shape index (κ2) is 1.30. The average molecular weight is 99.1 g/mol. The fourth-order valence-electron chi connectivity index (χ4n) is 0.531. The van der Waals surface area contributed by atoms with E-state index >= 15 is 0 Å². The minimum absolute atomic E-state index is 0.0677. The number of carbonyl (C=O) groups is 1. The Balaban J connectivity index is 2.25. The zero-order chi connectivity index (χ0) is 5.33. The zero-order valence-corrected chi connectivity index (χ0v) is 4.18. The summed E-state index contributed by atoms with van der Waals surface area (Å²) < 4.78 is 0. The third-order valence-corrected chi connectivity index (χ3v) is 1.38. The molecule has 1 aliphatic rings. The van der Waals surface area contributed by atoms with Crippen LogP contribution in [0.15, 0.2) is 0 Å². The molecule has 0 heterocycles. The molecule has 0 saturated heterocycles. The highest BCUT2D eigenvalue weighted by atomic mass is 16.1. The molecular formula is C5H9NO. The van der Waals surface area contributed by atoms with Crippen molar-refractivity contribution >= 4 is 6.29 Å². The van der Waals surface area contributed by atoms with E-state index in [2.05, 4.69) is 0 Å². The van der Waals surface area contributed by atoms with Gasteiger partial charge in [0.25, 0.3) is 0 Å². The predicted molar refractivity (Wildman–Crippen MR) is 26.8 cm³/mol. The van der Waals surface area contributed by atoms with Gasteiger partial charge in [0.2, 0.25) is 0 Å². The molecule has 7 heavy (non-hydrogen) atoms. The molecule has 1 aliphatic carbocycles.